The van der Waals surface area contributed by atoms with Crippen LogP contribution in [0.1, 0.15) is 25.3 Å². The maximum atomic E-state index is 10.6. The highest BCUT2D eigenvalue weighted by atomic mass is 32.1. The molecule has 1 aromatic carbocycles. The molecular weight excluding hydrogens is 320 g/mol. The number of piperidine rings is 1. The minimum Gasteiger partial charge on any atom is -0.497 e. The molecule has 1 fully saturated rings. The molecule has 0 radical (unpaired) electrons. The second kappa shape index (κ2) is 7.55. The minimum atomic E-state index is -0.798. The second-order valence-electron chi connectivity index (χ2n) is 6.63. The van der Waals surface area contributed by atoms with E-state index in [-0.39, 0.29) is 0 Å². The molecule has 2 aromatic rings. The van der Waals surface area contributed by atoms with E-state index >= 15 is 0 Å². The lowest BCUT2D eigenvalue weighted by atomic mass is 9.97. The number of thiophene rings is 1. The average molecular weight is 346 g/mol. The highest BCUT2D eigenvalue weighted by Crippen LogP contribution is 2.25. The summed E-state index contributed by atoms with van der Waals surface area (Å²) < 4.78 is 5.22. The van der Waals surface area contributed by atoms with Crippen LogP contribution in [-0.2, 0) is 5.60 Å². The molecule has 1 aliphatic rings. The quantitative estimate of drug-likeness (QED) is 0.843. The standard InChI is InChI=1S/C19H26N2O2S/c1-19(22,15-9-12-24-13-15)14-20-16-7-10-21(11-8-16)17-3-5-18(23-2)6-4-17/h3-6,9,12-13,16,20,22H,7-8,10-11,14H2,1-2H3. The number of aliphatic hydroxyl groups is 1. The number of benzene rings is 1. The third kappa shape index (κ3) is 4.09. The molecule has 1 saturated heterocycles. The van der Waals surface area contributed by atoms with Crippen molar-refractivity contribution in [3.63, 3.8) is 0 Å². The Morgan fingerprint density at radius 2 is 1.96 bits per heavy atom. The lowest BCUT2D eigenvalue weighted by molar-refractivity contribution is 0.0532. The number of hydrogen-bond donors (Lipinski definition) is 2. The van der Waals surface area contributed by atoms with Crippen LogP contribution in [0.25, 0.3) is 0 Å². The van der Waals surface area contributed by atoms with Gasteiger partial charge in [0.25, 0.3) is 0 Å². The van der Waals surface area contributed by atoms with E-state index in [0.717, 1.165) is 37.2 Å². The van der Waals surface area contributed by atoms with Crippen molar-refractivity contribution in [3.8, 4) is 5.75 Å². The zero-order valence-electron chi connectivity index (χ0n) is 14.4. The number of methoxy groups -OCH3 is 1. The lowest BCUT2D eigenvalue weighted by Gasteiger charge is -2.35. The van der Waals surface area contributed by atoms with E-state index in [1.807, 2.05) is 35.9 Å². The van der Waals surface area contributed by atoms with Crippen LogP contribution in [0.15, 0.2) is 41.1 Å². The van der Waals surface area contributed by atoms with Gasteiger partial charge in [0.15, 0.2) is 0 Å². The van der Waals surface area contributed by atoms with Gasteiger partial charge in [0, 0.05) is 31.4 Å². The van der Waals surface area contributed by atoms with E-state index < -0.39 is 5.60 Å². The van der Waals surface area contributed by atoms with Crippen molar-refractivity contribution in [1.82, 2.24) is 5.32 Å². The summed E-state index contributed by atoms with van der Waals surface area (Å²) in [5.41, 5.74) is 1.45. The summed E-state index contributed by atoms with van der Waals surface area (Å²) in [6.45, 7) is 4.54. The summed E-state index contributed by atoms with van der Waals surface area (Å²) in [6, 6.07) is 10.7. The summed E-state index contributed by atoms with van der Waals surface area (Å²) in [5.74, 6) is 0.894. The molecule has 2 N–H and O–H groups in total. The van der Waals surface area contributed by atoms with Crippen LogP contribution in [0.3, 0.4) is 0 Å². The predicted octanol–water partition coefficient (Wildman–Crippen LogP) is 3.22. The topological polar surface area (TPSA) is 44.7 Å². The van der Waals surface area contributed by atoms with Crippen molar-refractivity contribution in [2.45, 2.75) is 31.4 Å². The Hall–Kier alpha value is -1.56. The van der Waals surface area contributed by atoms with Gasteiger partial charge in [-0.15, -0.1) is 0 Å². The minimum absolute atomic E-state index is 0.463. The zero-order valence-corrected chi connectivity index (χ0v) is 15.2. The molecule has 2 heterocycles. The first-order chi connectivity index (χ1) is 11.6. The number of anilines is 1. The van der Waals surface area contributed by atoms with Crippen molar-refractivity contribution in [3.05, 3.63) is 46.7 Å². The fourth-order valence-electron chi connectivity index (χ4n) is 3.15. The largest absolute Gasteiger partial charge is 0.497 e. The molecule has 24 heavy (non-hydrogen) atoms. The van der Waals surface area contributed by atoms with Crippen molar-refractivity contribution in [2.24, 2.45) is 0 Å². The third-order valence-corrected chi connectivity index (χ3v) is 5.49. The van der Waals surface area contributed by atoms with Gasteiger partial charge in [-0.1, -0.05) is 0 Å². The van der Waals surface area contributed by atoms with Gasteiger partial charge in [-0.25, -0.2) is 0 Å². The Morgan fingerprint density at radius 3 is 2.54 bits per heavy atom. The smallest absolute Gasteiger partial charge is 0.119 e. The molecule has 0 spiro atoms. The van der Waals surface area contributed by atoms with Crippen LogP contribution in [0, 0.1) is 0 Å². The Bertz CT molecular complexity index is 617. The Balaban J connectivity index is 1.48. The summed E-state index contributed by atoms with van der Waals surface area (Å²) >= 11 is 1.63. The average Bonchev–Trinajstić information content (AvgIpc) is 3.16. The molecule has 0 saturated carbocycles. The van der Waals surface area contributed by atoms with E-state index in [0.29, 0.717) is 12.6 Å². The monoisotopic (exact) mass is 346 g/mol. The molecule has 1 aromatic heterocycles. The zero-order chi connectivity index (χ0) is 17.0. The van der Waals surface area contributed by atoms with Crippen LogP contribution in [0.2, 0.25) is 0 Å². The second-order valence-corrected chi connectivity index (χ2v) is 7.41. The van der Waals surface area contributed by atoms with E-state index in [4.69, 9.17) is 4.74 Å². The highest BCUT2D eigenvalue weighted by Gasteiger charge is 2.26. The van der Waals surface area contributed by atoms with Crippen LogP contribution >= 0.6 is 11.3 Å². The fraction of sp³-hybridized carbons (Fsp3) is 0.474. The molecule has 0 amide bonds. The summed E-state index contributed by atoms with van der Waals surface area (Å²) in [6.07, 6.45) is 2.18. The number of nitrogens with one attached hydrogen (secondary N) is 1. The number of ether oxygens (including phenoxy) is 1. The van der Waals surface area contributed by atoms with Crippen LogP contribution in [0.4, 0.5) is 5.69 Å². The summed E-state index contributed by atoms with van der Waals surface area (Å²) in [4.78, 5) is 2.41. The summed E-state index contributed by atoms with van der Waals surface area (Å²) in [5, 5.41) is 18.2. The predicted molar refractivity (Wildman–Crippen MR) is 100 cm³/mol. The van der Waals surface area contributed by atoms with E-state index in [2.05, 4.69) is 22.3 Å². The van der Waals surface area contributed by atoms with E-state index in [1.165, 1.54) is 5.69 Å². The normalized spacial score (nSPS) is 18.4. The van der Waals surface area contributed by atoms with E-state index in [1.54, 1.807) is 18.4 Å². The van der Waals surface area contributed by atoms with E-state index in [9.17, 15) is 5.11 Å². The molecular formula is C19H26N2O2S. The molecule has 1 aliphatic heterocycles. The van der Waals surface area contributed by atoms with Gasteiger partial charge >= 0.3 is 0 Å². The van der Waals surface area contributed by atoms with Gasteiger partial charge in [-0.3, -0.25) is 0 Å². The van der Waals surface area contributed by atoms with Crippen molar-refractivity contribution in [2.75, 3.05) is 31.6 Å². The van der Waals surface area contributed by atoms with Gasteiger partial charge < -0.3 is 20.1 Å². The van der Waals surface area contributed by atoms with Gasteiger partial charge in [-0.05, 0) is 66.4 Å². The third-order valence-electron chi connectivity index (χ3n) is 4.81. The molecule has 0 aliphatic carbocycles. The van der Waals surface area contributed by atoms with Crippen LogP contribution < -0.4 is 15.0 Å². The van der Waals surface area contributed by atoms with Gasteiger partial charge in [0.1, 0.15) is 5.75 Å². The first kappa shape index (κ1) is 17.3. The first-order valence-electron chi connectivity index (χ1n) is 8.46. The first-order valence-corrected chi connectivity index (χ1v) is 9.40. The van der Waals surface area contributed by atoms with Crippen LogP contribution in [-0.4, -0.2) is 37.9 Å². The maximum absolute atomic E-state index is 10.6. The molecule has 4 nitrogen and oxygen atoms in total. The molecule has 130 valence electrons. The Kier molecular flexibility index (Phi) is 5.43. The van der Waals surface area contributed by atoms with Gasteiger partial charge in [0.2, 0.25) is 0 Å². The maximum Gasteiger partial charge on any atom is 0.119 e. The number of hydrogen-bond acceptors (Lipinski definition) is 5. The summed E-state index contributed by atoms with van der Waals surface area (Å²) in [7, 11) is 1.69. The molecule has 3 rings (SSSR count). The molecule has 1 unspecified atom stereocenters. The SMILES string of the molecule is COc1ccc(N2CCC(NCC(C)(O)c3ccsc3)CC2)cc1. The molecule has 0 bridgehead atoms. The highest BCUT2D eigenvalue weighted by molar-refractivity contribution is 7.08. The number of rotatable bonds is 6. The van der Waals surface area contributed by atoms with Crippen LogP contribution in [0.5, 0.6) is 5.75 Å². The van der Waals surface area contributed by atoms with Gasteiger partial charge in [-0.2, -0.15) is 11.3 Å². The van der Waals surface area contributed by atoms with Crippen molar-refractivity contribution >= 4 is 17.0 Å². The fourth-order valence-corrected chi connectivity index (χ4v) is 3.93. The van der Waals surface area contributed by atoms with Crippen molar-refractivity contribution in [1.29, 1.82) is 0 Å². The molecule has 1 atom stereocenters. The Morgan fingerprint density at radius 1 is 1.25 bits per heavy atom. The molecule has 5 heteroatoms. The lowest BCUT2D eigenvalue weighted by Crippen LogP contribution is -2.46. The van der Waals surface area contributed by atoms with Gasteiger partial charge in [0.05, 0.1) is 12.7 Å². The van der Waals surface area contributed by atoms with Crippen molar-refractivity contribution < 1.29 is 9.84 Å². The Labute approximate surface area is 148 Å². The number of nitrogens with zero attached hydrogens (tertiary/aromatic N) is 1.